The molecule has 2 aromatic rings. The van der Waals surface area contributed by atoms with Gasteiger partial charge in [0.05, 0.1) is 6.67 Å². The molecule has 1 saturated heterocycles. The van der Waals surface area contributed by atoms with E-state index in [0.717, 1.165) is 46.7 Å². The van der Waals surface area contributed by atoms with Crippen LogP contribution in [-0.4, -0.2) is 52.9 Å². The van der Waals surface area contributed by atoms with E-state index in [1.807, 2.05) is 35.2 Å². The van der Waals surface area contributed by atoms with Gasteiger partial charge in [-0.05, 0) is 49.7 Å². The SMILES string of the molecule is CSc1nn(CN2CCN(c3ccc(C(C)=O)cc3)CC2)c(=S)s1. The average molecular weight is 381 g/mol. The second kappa shape index (κ2) is 7.77. The molecule has 128 valence electrons. The van der Waals surface area contributed by atoms with Crippen LogP contribution >= 0.6 is 35.3 Å². The molecule has 0 saturated carbocycles. The van der Waals surface area contributed by atoms with Crippen LogP contribution in [0.25, 0.3) is 0 Å². The van der Waals surface area contributed by atoms with Gasteiger partial charge in [-0.2, -0.15) is 5.10 Å². The highest BCUT2D eigenvalue weighted by Crippen LogP contribution is 2.20. The van der Waals surface area contributed by atoms with Crippen molar-refractivity contribution in [3.63, 3.8) is 0 Å². The molecule has 3 rings (SSSR count). The van der Waals surface area contributed by atoms with E-state index in [1.165, 1.54) is 5.69 Å². The minimum atomic E-state index is 0.107. The number of piperazine rings is 1. The maximum absolute atomic E-state index is 11.4. The topological polar surface area (TPSA) is 41.4 Å². The number of Topliss-reactive ketones (excluding diaryl/α,β-unsaturated/α-hetero) is 1. The smallest absolute Gasteiger partial charge is 0.181 e. The summed E-state index contributed by atoms with van der Waals surface area (Å²) < 4.78 is 3.77. The van der Waals surface area contributed by atoms with Crippen LogP contribution in [0.2, 0.25) is 0 Å². The van der Waals surface area contributed by atoms with Crippen LogP contribution in [0, 0.1) is 3.95 Å². The zero-order valence-corrected chi connectivity index (χ0v) is 16.2. The molecule has 5 nitrogen and oxygen atoms in total. The highest BCUT2D eigenvalue weighted by Gasteiger charge is 2.18. The van der Waals surface area contributed by atoms with Crippen LogP contribution in [-0.2, 0) is 6.67 Å². The number of nitrogens with zero attached hydrogens (tertiary/aromatic N) is 4. The average Bonchev–Trinajstić information content (AvgIpc) is 2.95. The van der Waals surface area contributed by atoms with Gasteiger partial charge < -0.3 is 4.90 Å². The molecule has 1 aromatic heterocycles. The third-order valence-electron chi connectivity index (χ3n) is 4.11. The van der Waals surface area contributed by atoms with Crippen LogP contribution in [0.4, 0.5) is 5.69 Å². The second-order valence-corrected chi connectivity index (χ2v) is 8.36. The van der Waals surface area contributed by atoms with Gasteiger partial charge in [-0.25, -0.2) is 4.68 Å². The third-order valence-corrected chi connectivity index (χ3v) is 6.39. The first-order valence-electron chi connectivity index (χ1n) is 7.77. The standard InChI is InChI=1S/C16H20N4OS3/c1-12(21)13-3-5-14(6-4-13)19-9-7-18(8-10-19)11-20-16(22)24-15(17-20)23-2/h3-6H,7-11H2,1-2H3. The zero-order chi connectivity index (χ0) is 17.1. The molecule has 2 heterocycles. The molecule has 0 aliphatic carbocycles. The van der Waals surface area contributed by atoms with Gasteiger partial charge in [-0.3, -0.25) is 9.69 Å². The number of carbonyl (C=O) groups excluding carboxylic acids is 1. The van der Waals surface area contributed by atoms with Gasteiger partial charge >= 0.3 is 0 Å². The number of benzene rings is 1. The lowest BCUT2D eigenvalue weighted by Crippen LogP contribution is -2.46. The lowest BCUT2D eigenvalue weighted by atomic mass is 10.1. The molecular weight excluding hydrogens is 360 g/mol. The van der Waals surface area contributed by atoms with Crippen LogP contribution < -0.4 is 4.90 Å². The molecule has 24 heavy (non-hydrogen) atoms. The summed E-state index contributed by atoms with van der Waals surface area (Å²) in [5, 5.41) is 4.53. The minimum Gasteiger partial charge on any atom is -0.369 e. The number of thioether (sulfide) groups is 1. The predicted octanol–water partition coefficient (Wildman–Crippen LogP) is 3.38. The molecule has 1 fully saturated rings. The Morgan fingerprint density at radius 1 is 1.25 bits per heavy atom. The van der Waals surface area contributed by atoms with Crippen molar-refractivity contribution < 1.29 is 4.79 Å². The fourth-order valence-corrected chi connectivity index (χ4v) is 4.44. The summed E-state index contributed by atoms with van der Waals surface area (Å²) in [4.78, 5) is 16.1. The van der Waals surface area contributed by atoms with E-state index in [-0.39, 0.29) is 5.78 Å². The number of ketones is 1. The van der Waals surface area contributed by atoms with Gasteiger partial charge in [0.2, 0.25) is 0 Å². The molecule has 8 heteroatoms. The number of aromatic nitrogens is 2. The molecule has 0 N–H and O–H groups in total. The van der Waals surface area contributed by atoms with Crippen LogP contribution in [0.3, 0.4) is 0 Å². The molecule has 0 unspecified atom stereocenters. The maximum Gasteiger partial charge on any atom is 0.181 e. The maximum atomic E-state index is 11.4. The van der Waals surface area contributed by atoms with Gasteiger partial charge in [0.1, 0.15) is 0 Å². The van der Waals surface area contributed by atoms with Crippen molar-refractivity contribution in [1.29, 1.82) is 0 Å². The number of hydrogen-bond acceptors (Lipinski definition) is 7. The Morgan fingerprint density at radius 2 is 1.92 bits per heavy atom. The van der Waals surface area contributed by atoms with Crippen LogP contribution in [0.5, 0.6) is 0 Å². The molecule has 0 radical (unpaired) electrons. The molecular formula is C16H20N4OS3. The Kier molecular flexibility index (Phi) is 5.70. The van der Waals surface area contributed by atoms with Crippen molar-refractivity contribution in [2.75, 3.05) is 37.3 Å². The molecule has 0 amide bonds. The van der Waals surface area contributed by atoms with Crippen molar-refractivity contribution in [2.45, 2.75) is 17.9 Å². The molecule has 1 aromatic carbocycles. The van der Waals surface area contributed by atoms with E-state index in [1.54, 1.807) is 30.0 Å². The normalized spacial score (nSPS) is 15.7. The highest BCUT2D eigenvalue weighted by atomic mass is 32.2. The fraction of sp³-hybridized carbons (Fsp3) is 0.438. The Hall–Kier alpha value is -1.22. The number of hydrogen-bond donors (Lipinski definition) is 0. The quantitative estimate of drug-likeness (QED) is 0.450. The number of anilines is 1. The van der Waals surface area contributed by atoms with Crippen molar-refractivity contribution >= 4 is 46.8 Å². The van der Waals surface area contributed by atoms with E-state index in [4.69, 9.17) is 12.2 Å². The lowest BCUT2D eigenvalue weighted by Gasteiger charge is -2.35. The van der Waals surface area contributed by atoms with Gasteiger partial charge in [0.15, 0.2) is 14.1 Å². The summed E-state index contributed by atoms with van der Waals surface area (Å²) in [5.74, 6) is 0.107. The lowest BCUT2D eigenvalue weighted by molar-refractivity contribution is 0.101. The summed E-state index contributed by atoms with van der Waals surface area (Å²) in [7, 11) is 0. The largest absolute Gasteiger partial charge is 0.369 e. The van der Waals surface area contributed by atoms with Gasteiger partial charge in [0.25, 0.3) is 0 Å². The van der Waals surface area contributed by atoms with E-state index >= 15 is 0 Å². The first kappa shape index (κ1) is 17.6. The zero-order valence-electron chi connectivity index (χ0n) is 13.8. The summed E-state index contributed by atoms with van der Waals surface area (Å²) in [6, 6.07) is 7.88. The molecule has 1 aliphatic heterocycles. The third kappa shape index (κ3) is 4.05. The summed E-state index contributed by atoms with van der Waals surface area (Å²) in [6.45, 7) is 6.23. The van der Waals surface area contributed by atoms with Crippen molar-refractivity contribution in [3.8, 4) is 0 Å². The number of carbonyl (C=O) groups is 1. The Labute approximate surface area is 155 Å². The van der Waals surface area contributed by atoms with Gasteiger partial charge in [-0.15, -0.1) is 0 Å². The Morgan fingerprint density at radius 3 is 2.46 bits per heavy atom. The monoisotopic (exact) mass is 380 g/mol. The molecule has 0 bridgehead atoms. The second-order valence-electron chi connectivity index (χ2n) is 5.69. The predicted molar refractivity (Wildman–Crippen MR) is 103 cm³/mol. The molecule has 0 atom stereocenters. The minimum absolute atomic E-state index is 0.107. The van der Waals surface area contributed by atoms with Gasteiger partial charge in [0, 0.05) is 37.4 Å². The fourth-order valence-electron chi connectivity index (χ4n) is 2.70. The number of rotatable bonds is 5. The first-order valence-corrected chi connectivity index (χ1v) is 10.2. The first-order chi connectivity index (χ1) is 11.6. The van der Waals surface area contributed by atoms with Crippen molar-refractivity contribution in [1.82, 2.24) is 14.7 Å². The van der Waals surface area contributed by atoms with Crippen molar-refractivity contribution in [2.24, 2.45) is 0 Å². The van der Waals surface area contributed by atoms with Gasteiger partial charge in [-0.1, -0.05) is 23.1 Å². The van der Waals surface area contributed by atoms with E-state index < -0.39 is 0 Å². The van der Waals surface area contributed by atoms with Crippen LogP contribution in [0.15, 0.2) is 28.6 Å². The van der Waals surface area contributed by atoms with E-state index in [2.05, 4.69) is 14.9 Å². The molecule has 1 aliphatic rings. The summed E-state index contributed by atoms with van der Waals surface area (Å²) in [6.07, 6.45) is 2.02. The van der Waals surface area contributed by atoms with E-state index in [9.17, 15) is 4.79 Å². The van der Waals surface area contributed by atoms with Crippen molar-refractivity contribution in [3.05, 3.63) is 33.8 Å². The Balaban J connectivity index is 1.58. The van der Waals surface area contributed by atoms with E-state index in [0.29, 0.717) is 0 Å². The highest BCUT2D eigenvalue weighted by molar-refractivity contribution is 8.00. The van der Waals surface area contributed by atoms with Crippen LogP contribution in [0.1, 0.15) is 17.3 Å². The summed E-state index contributed by atoms with van der Waals surface area (Å²) >= 11 is 8.59. The Bertz CT molecular complexity index is 760. The molecule has 0 spiro atoms. The summed E-state index contributed by atoms with van der Waals surface area (Å²) in [5.41, 5.74) is 1.94.